The van der Waals surface area contributed by atoms with Gasteiger partial charge in [0.25, 0.3) is 0 Å². The number of alkyl carbamates (subject to hydrolysis) is 2. The summed E-state index contributed by atoms with van der Waals surface area (Å²) in [4.78, 5) is 76.6. The third kappa shape index (κ3) is 9.25. The highest BCUT2D eigenvalue weighted by Gasteiger charge is 2.41. The predicted octanol–water partition coefficient (Wildman–Crippen LogP) is 8.88. The molecular weight excluding hydrogens is 887 g/mol. The van der Waals surface area contributed by atoms with Crippen molar-refractivity contribution in [2.75, 3.05) is 50.2 Å². The van der Waals surface area contributed by atoms with Gasteiger partial charge in [0.15, 0.2) is 11.6 Å². The van der Waals surface area contributed by atoms with Crippen molar-refractivity contribution in [3.63, 3.8) is 0 Å². The Morgan fingerprint density at radius 2 is 1.04 bits per heavy atom. The van der Waals surface area contributed by atoms with E-state index >= 15 is 8.78 Å². The Balaban J connectivity index is 1.04. The summed E-state index contributed by atoms with van der Waals surface area (Å²) in [5, 5.41) is 5.41. The molecule has 4 fully saturated rings. The Labute approximate surface area is 400 Å². The number of ether oxygens (including phenoxy) is 2. The van der Waals surface area contributed by atoms with Crippen LogP contribution >= 0.6 is 0 Å². The lowest BCUT2D eigenvalue weighted by Gasteiger charge is -2.35. The van der Waals surface area contributed by atoms with Crippen molar-refractivity contribution in [2.45, 2.75) is 122 Å². The van der Waals surface area contributed by atoms with Gasteiger partial charge in [-0.05, 0) is 117 Å². The van der Waals surface area contributed by atoms with Gasteiger partial charge in [0.1, 0.15) is 23.7 Å². The minimum atomic E-state index is -0.885. The molecule has 6 unspecified atom stereocenters. The third-order valence-electron chi connectivity index (χ3n) is 14.7. The molecule has 6 heterocycles. The molecule has 6 atom stereocenters. The summed E-state index contributed by atoms with van der Waals surface area (Å²) in [5.41, 5.74) is 5.21. The van der Waals surface area contributed by atoms with E-state index < -0.39 is 35.9 Å². The summed E-state index contributed by atoms with van der Waals surface area (Å²) in [7, 11) is 2.55. The largest absolute Gasteiger partial charge is 0.453 e. The van der Waals surface area contributed by atoms with E-state index in [4.69, 9.17) is 19.4 Å². The van der Waals surface area contributed by atoms with Crippen LogP contribution in [0.4, 0.5) is 29.7 Å². The number of halogens is 2. The van der Waals surface area contributed by atoms with E-state index in [1.807, 2.05) is 73.9 Å². The van der Waals surface area contributed by atoms with Crippen molar-refractivity contribution in [2.24, 2.45) is 11.8 Å². The Morgan fingerprint density at radius 3 is 1.49 bits per heavy atom. The Hall–Kier alpha value is -6.46. The predicted molar refractivity (Wildman–Crippen MR) is 258 cm³/mol. The SMILES string of the molecule is COC(=O)NC(C(=O)N1CCCC1c1nc2ccc(C3CCC(c4ccc5nc(C6CCCN6C(=O)C(NC(=O)OC)C(C)C)[nH]c5c4)N3c3ccc(N4CCCCC4)c(F)c3F)cc2[nH]1)C(C)C. The van der Waals surface area contributed by atoms with E-state index in [9.17, 15) is 19.2 Å². The number of nitrogens with one attached hydrogen (secondary N) is 4. The number of benzene rings is 3. The summed E-state index contributed by atoms with van der Waals surface area (Å²) in [6.45, 7) is 9.92. The first kappa shape index (κ1) is 47.6. The lowest BCUT2D eigenvalue weighted by atomic mass is 10.0. The van der Waals surface area contributed by atoms with Crippen LogP contribution in [0, 0.1) is 23.5 Å². The van der Waals surface area contributed by atoms with Crippen LogP contribution in [0.2, 0.25) is 0 Å². The number of hydrogen-bond acceptors (Lipinski definition) is 10. The quantitative estimate of drug-likeness (QED) is 0.0944. The van der Waals surface area contributed by atoms with Gasteiger partial charge in [-0.25, -0.2) is 28.3 Å². The van der Waals surface area contributed by atoms with Crippen molar-refractivity contribution < 1.29 is 37.4 Å². The summed E-state index contributed by atoms with van der Waals surface area (Å²) in [5.74, 6) is -1.18. The van der Waals surface area contributed by atoms with E-state index in [1.54, 1.807) is 21.9 Å². The zero-order valence-electron chi connectivity index (χ0n) is 40.3. The minimum Gasteiger partial charge on any atom is -0.453 e. The molecule has 368 valence electrons. The lowest BCUT2D eigenvalue weighted by molar-refractivity contribution is -0.136. The number of carbonyl (C=O) groups excluding carboxylic acids is 4. The maximum absolute atomic E-state index is 16.9. The molecule has 0 radical (unpaired) electrons. The first-order valence-electron chi connectivity index (χ1n) is 24.6. The van der Waals surface area contributed by atoms with E-state index in [0.717, 1.165) is 54.3 Å². The van der Waals surface area contributed by atoms with Crippen LogP contribution in [0.1, 0.15) is 132 Å². The number of imidazole rings is 2. The monoisotopic (exact) mass is 950 g/mol. The van der Waals surface area contributed by atoms with Gasteiger partial charge in [-0.3, -0.25) is 9.59 Å². The highest BCUT2D eigenvalue weighted by Crippen LogP contribution is 2.49. The van der Waals surface area contributed by atoms with Gasteiger partial charge in [0, 0.05) is 26.2 Å². The maximum Gasteiger partial charge on any atom is 0.407 e. The number of piperidine rings is 1. The smallest absolute Gasteiger partial charge is 0.407 e. The standard InChI is InChI=1S/C51H64F2N10O6/c1-28(2)44(58-50(66)68-5)48(64)61-24-10-12-40(61)46-54-32-16-14-30(26-34(32)56-46)36-18-19-37(63(36)39-21-20-38(42(52)43(39)53)60-22-8-7-9-23-60)31-15-17-33-35(27-31)57-47(55-33)41-13-11-25-62(41)49(65)45(29(3)4)59-51(67)69-6/h14-17,20-21,26-29,36-37,40-41,44-45H,7-13,18-19,22-25H2,1-6H3,(H,54,56)(H,55,57)(H,58,66)(H,59,67). The fourth-order valence-corrected chi connectivity index (χ4v) is 11.1. The molecule has 3 aromatic carbocycles. The number of aromatic amines is 2. The van der Waals surface area contributed by atoms with Gasteiger partial charge in [0.2, 0.25) is 11.8 Å². The Kier molecular flexibility index (Phi) is 13.7. The number of amides is 4. The molecule has 9 rings (SSSR count). The van der Waals surface area contributed by atoms with E-state index in [0.29, 0.717) is 74.5 Å². The molecule has 0 bridgehead atoms. The fraction of sp³-hybridized carbons (Fsp3) is 0.529. The van der Waals surface area contributed by atoms with E-state index in [1.165, 1.54) is 14.2 Å². The summed E-state index contributed by atoms with van der Waals surface area (Å²) >= 11 is 0. The second kappa shape index (κ2) is 19.9. The molecule has 4 amide bonds. The number of carbonyl (C=O) groups is 4. The van der Waals surface area contributed by atoms with Gasteiger partial charge < -0.3 is 49.7 Å². The summed E-state index contributed by atoms with van der Waals surface area (Å²) in [6, 6.07) is 12.5. The van der Waals surface area contributed by atoms with Gasteiger partial charge >= 0.3 is 12.2 Å². The highest BCUT2D eigenvalue weighted by molar-refractivity contribution is 5.88. The number of likely N-dealkylation sites (tertiary alicyclic amines) is 2. The van der Waals surface area contributed by atoms with Gasteiger partial charge in [-0.1, -0.05) is 39.8 Å². The van der Waals surface area contributed by atoms with Crippen LogP contribution in [0.15, 0.2) is 48.5 Å². The molecule has 0 aliphatic carbocycles. The average molecular weight is 951 g/mol. The molecule has 0 saturated carbocycles. The number of methoxy groups -OCH3 is 2. The topological polar surface area (TPSA) is 181 Å². The Morgan fingerprint density at radius 1 is 0.594 bits per heavy atom. The molecular formula is C51H64F2N10O6. The molecule has 69 heavy (non-hydrogen) atoms. The van der Waals surface area contributed by atoms with Crippen LogP contribution in [-0.4, -0.2) is 106 Å². The molecule has 4 saturated heterocycles. The van der Waals surface area contributed by atoms with E-state index in [-0.39, 0.29) is 59.2 Å². The zero-order chi connectivity index (χ0) is 48.7. The molecule has 4 aliphatic heterocycles. The number of aromatic nitrogens is 4. The first-order chi connectivity index (χ1) is 33.3. The number of fused-ring (bicyclic) bond motifs is 2. The Bertz CT molecular complexity index is 2570. The molecule has 16 nitrogen and oxygen atoms in total. The molecule has 2 aromatic heterocycles. The molecule has 18 heteroatoms. The van der Waals surface area contributed by atoms with Crippen molar-refractivity contribution in [1.29, 1.82) is 0 Å². The maximum atomic E-state index is 16.9. The number of H-pyrrole nitrogens is 2. The minimum absolute atomic E-state index is 0.172. The molecule has 5 aromatic rings. The summed E-state index contributed by atoms with van der Waals surface area (Å²) < 4.78 is 43.0. The molecule has 4 aliphatic rings. The van der Waals surface area contributed by atoms with Crippen molar-refractivity contribution in [3.8, 4) is 0 Å². The van der Waals surface area contributed by atoms with Crippen molar-refractivity contribution in [1.82, 2.24) is 40.4 Å². The molecule has 4 N–H and O–H groups in total. The number of rotatable bonds is 12. The van der Waals surface area contributed by atoms with E-state index in [2.05, 4.69) is 20.6 Å². The molecule has 0 spiro atoms. The van der Waals surface area contributed by atoms with Gasteiger partial charge in [0.05, 0.1) is 71.8 Å². The second-order valence-electron chi connectivity index (χ2n) is 19.7. The number of anilines is 2. The first-order valence-corrected chi connectivity index (χ1v) is 24.6. The second-order valence-corrected chi connectivity index (χ2v) is 19.7. The van der Waals surface area contributed by atoms with Crippen LogP contribution < -0.4 is 20.4 Å². The van der Waals surface area contributed by atoms with Crippen LogP contribution in [-0.2, 0) is 19.1 Å². The van der Waals surface area contributed by atoms with Crippen LogP contribution in [0.5, 0.6) is 0 Å². The normalized spacial score (nSPS) is 21.7. The van der Waals surface area contributed by atoms with Crippen molar-refractivity contribution in [3.05, 3.63) is 82.9 Å². The number of nitrogens with zero attached hydrogens (tertiary/aromatic N) is 6. The summed E-state index contributed by atoms with van der Waals surface area (Å²) in [6.07, 6.45) is 5.82. The fourth-order valence-electron chi connectivity index (χ4n) is 11.1. The zero-order valence-corrected chi connectivity index (χ0v) is 40.3. The average Bonchev–Trinajstić information content (AvgIpc) is 4.21. The van der Waals surface area contributed by atoms with Gasteiger partial charge in [-0.2, -0.15) is 0 Å². The van der Waals surface area contributed by atoms with Crippen molar-refractivity contribution >= 4 is 57.4 Å². The van der Waals surface area contributed by atoms with Crippen LogP contribution in [0.3, 0.4) is 0 Å². The number of hydrogen-bond donors (Lipinski definition) is 4. The van der Waals surface area contributed by atoms with Gasteiger partial charge in [-0.15, -0.1) is 0 Å². The highest BCUT2D eigenvalue weighted by atomic mass is 19.2. The van der Waals surface area contributed by atoms with Crippen LogP contribution in [0.25, 0.3) is 22.1 Å². The lowest BCUT2D eigenvalue weighted by Crippen LogP contribution is -2.51. The third-order valence-corrected chi connectivity index (χ3v) is 14.7.